The van der Waals surface area contributed by atoms with E-state index in [1.807, 2.05) is 0 Å². The zero-order valence-corrected chi connectivity index (χ0v) is 10.4. The van der Waals surface area contributed by atoms with E-state index in [-0.39, 0.29) is 0 Å². The van der Waals surface area contributed by atoms with Crippen molar-refractivity contribution in [1.82, 2.24) is 9.88 Å². The molecule has 0 saturated carbocycles. The van der Waals surface area contributed by atoms with Crippen LogP contribution in [0.25, 0.3) is 10.9 Å². The predicted octanol–water partition coefficient (Wildman–Crippen LogP) is 2.72. The molecule has 1 N–H and O–H groups in total. The third kappa shape index (κ3) is 2.09. The van der Waals surface area contributed by atoms with Crippen LogP contribution >= 0.6 is 0 Å². The summed E-state index contributed by atoms with van der Waals surface area (Å²) < 4.78 is 2.26. The Kier molecular flexibility index (Phi) is 2.89. The SMILES string of the molecule is Cn1cc(CC2CCNCC2)c2ccccc21. The van der Waals surface area contributed by atoms with Crippen molar-refractivity contribution < 1.29 is 0 Å². The van der Waals surface area contributed by atoms with Crippen molar-refractivity contribution in [2.45, 2.75) is 19.3 Å². The summed E-state index contributed by atoms with van der Waals surface area (Å²) in [5.41, 5.74) is 2.88. The maximum absolute atomic E-state index is 3.44. The summed E-state index contributed by atoms with van der Waals surface area (Å²) in [5.74, 6) is 0.863. The van der Waals surface area contributed by atoms with Gasteiger partial charge in [-0.25, -0.2) is 0 Å². The van der Waals surface area contributed by atoms with E-state index >= 15 is 0 Å². The van der Waals surface area contributed by atoms with Crippen molar-refractivity contribution in [1.29, 1.82) is 0 Å². The smallest absolute Gasteiger partial charge is 0.0480 e. The van der Waals surface area contributed by atoms with E-state index in [0.29, 0.717) is 0 Å². The fourth-order valence-corrected chi connectivity index (χ4v) is 2.99. The third-order valence-electron chi connectivity index (χ3n) is 3.95. The van der Waals surface area contributed by atoms with Gasteiger partial charge in [-0.3, -0.25) is 0 Å². The van der Waals surface area contributed by atoms with E-state index < -0.39 is 0 Å². The standard InChI is InChI=1S/C15H20N2/c1-17-11-13(10-12-6-8-16-9-7-12)14-4-2-3-5-15(14)17/h2-5,11-12,16H,6-10H2,1H3. The lowest BCUT2D eigenvalue weighted by Gasteiger charge is -2.22. The maximum atomic E-state index is 3.44. The van der Waals surface area contributed by atoms with Gasteiger partial charge in [-0.15, -0.1) is 0 Å². The first-order chi connectivity index (χ1) is 8.34. The Morgan fingerprint density at radius 3 is 2.82 bits per heavy atom. The number of aromatic nitrogens is 1. The summed E-state index contributed by atoms with van der Waals surface area (Å²) in [7, 11) is 2.15. The number of para-hydroxylation sites is 1. The summed E-state index contributed by atoms with van der Waals surface area (Å²) in [5, 5.41) is 4.88. The summed E-state index contributed by atoms with van der Waals surface area (Å²) >= 11 is 0. The highest BCUT2D eigenvalue weighted by molar-refractivity contribution is 5.83. The van der Waals surface area contributed by atoms with E-state index in [1.54, 1.807) is 0 Å². The number of nitrogens with one attached hydrogen (secondary N) is 1. The Hall–Kier alpha value is -1.28. The van der Waals surface area contributed by atoms with E-state index in [4.69, 9.17) is 0 Å². The number of piperidine rings is 1. The van der Waals surface area contributed by atoms with Crippen LogP contribution in [0.4, 0.5) is 0 Å². The van der Waals surface area contributed by atoms with Gasteiger partial charge in [-0.1, -0.05) is 18.2 Å². The Bertz CT molecular complexity index is 507. The molecule has 0 aliphatic carbocycles. The van der Waals surface area contributed by atoms with E-state index in [0.717, 1.165) is 5.92 Å². The average Bonchev–Trinajstić information content (AvgIpc) is 2.69. The molecule has 2 heterocycles. The number of hydrogen-bond donors (Lipinski definition) is 1. The molecule has 3 rings (SSSR count). The molecule has 1 aromatic heterocycles. The Labute approximate surface area is 103 Å². The molecule has 0 atom stereocenters. The summed E-state index contributed by atoms with van der Waals surface area (Å²) in [4.78, 5) is 0. The molecule has 2 nitrogen and oxygen atoms in total. The van der Waals surface area contributed by atoms with Gasteiger partial charge in [0.1, 0.15) is 0 Å². The summed E-state index contributed by atoms with van der Waals surface area (Å²) in [6.07, 6.45) is 6.20. The second-order valence-electron chi connectivity index (χ2n) is 5.18. The largest absolute Gasteiger partial charge is 0.350 e. The lowest BCUT2D eigenvalue weighted by molar-refractivity contribution is 0.373. The fourth-order valence-electron chi connectivity index (χ4n) is 2.99. The van der Waals surface area contributed by atoms with E-state index in [1.165, 1.54) is 48.8 Å². The molecular weight excluding hydrogens is 208 g/mol. The van der Waals surface area contributed by atoms with Gasteiger partial charge in [-0.05, 0) is 49.9 Å². The number of fused-ring (bicyclic) bond motifs is 1. The quantitative estimate of drug-likeness (QED) is 0.836. The second-order valence-corrected chi connectivity index (χ2v) is 5.18. The molecule has 1 aromatic carbocycles. The molecule has 1 aliphatic heterocycles. The van der Waals surface area contributed by atoms with Crippen molar-refractivity contribution in [3.8, 4) is 0 Å². The van der Waals surface area contributed by atoms with Crippen molar-refractivity contribution in [2.75, 3.05) is 13.1 Å². The number of benzene rings is 1. The van der Waals surface area contributed by atoms with Gasteiger partial charge in [0.05, 0.1) is 0 Å². The first-order valence-corrected chi connectivity index (χ1v) is 6.58. The minimum absolute atomic E-state index is 0.863. The molecule has 0 radical (unpaired) electrons. The Balaban J connectivity index is 1.89. The van der Waals surface area contributed by atoms with Crippen molar-refractivity contribution in [3.05, 3.63) is 36.0 Å². The van der Waals surface area contributed by atoms with Gasteiger partial charge >= 0.3 is 0 Å². The monoisotopic (exact) mass is 228 g/mol. The van der Waals surface area contributed by atoms with Crippen molar-refractivity contribution in [3.63, 3.8) is 0 Å². The van der Waals surface area contributed by atoms with Crippen LogP contribution in [0.1, 0.15) is 18.4 Å². The van der Waals surface area contributed by atoms with Gasteiger partial charge in [0.25, 0.3) is 0 Å². The van der Waals surface area contributed by atoms with E-state index in [9.17, 15) is 0 Å². The molecule has 1 fully saturated rings. The van der Waals surface area contributed by atoms with Crippen LogP contribution < -0.4 is 5.32 Å². The highest BCUT2D eigenvalue weighted by Gasteiger charge is 2.15. The van der Waals surface area contributed by atoms with Crippen LogP contribution in [0.2, 0.25) is 0 Å². The molecule has 17 heavy (non-hydrogen) atoms. The van der Waals surface area contributed by atoms with E-state index in [2.05, 4.69) is 47.4 Å². The van der Waals surface area contributed by atoms with Crippen LogP contribution in [0, 0.1) is 5.92 Å². The Morgan fingerprint density at radius 1 is 1.24 bits per heavy atom. The van der Waals surface area contributed by atoms with Crippen molar-refractivity contribution in [2.24, 2.45) is 13.0 Å². The maximum Gasteiger partial charge on any atom is 0.0480 e. The molecule has 0 unspecified atom stereocenters. The van der Waals surface area contributed by atoms with Gasteiger partial charge in [0.2, 0.25) is 0 Å². The first kappa shape index (κ1) is 10.8. The van der Waals surface area contributed by atoms with Crippen molar-refractivity contribution >= 4 is 10.9 Å². The first-order valence-electron chi connectivity index (χ1n) is 6.58. The lowest BCUT2D eigenvalue weighted by Crippen LogP contribution is -2.28. The molecular formula is C15H20N2. The van der Waals surface area contributed by atoms with Crippen LogP contribution in [-0.4, -0.2) is 17.7 Å². The summed E-state index contributed by atoms with van der Waals surface area (Å²) in [6.45, 7) is 2.38. The van der Waals surface area contributed by atoms with Crippen LogP contribution in [0.15, 0.2) is 30.5 Å². The third-order valence-corrected chi connectivity index (χ3v) is 3.95. The molecule has 2 aromatic rings. The average molecular weight is 228 g/mol. The van der Waals surface area contributed by atoms with Crippen LogP contribution in [0.3, 0.4) is 0 Å². The molecule has 1 saturated heterocycles. The minimum atomic E-state index is 0.863. The van der Waals surface area contributed by atoms with Gasteiger partial charge in [0.15, 0.2) is 0 Å². The lowest BCUT2D eigenvalue weighted by atomic mass is 9.91. The molecule has 0 bridgehead atoms. The highest BCUT2D eigenvalue weighted by atomic mass is 14.9. The molecule has 1 aliphatic rings. The predicted molar refractivity (Wildman–Crippen MR) is 72.2 cm³/mol. The second kappa shape index (κ2) is 4.53. The Morgan fingerprint density at radius 2 is 2.00 bits per heavy atom. The number of rotatable bonds is 2. The molecule has 0 amide bonds. The van der Waals surface area contributed by atoms with Gasteiger partial charge in [0, 0.05) is 24.1 Å². The van der Waals surface area contributed by atoms with Gasteiger partial charge < -0.3 is 9.88 Å². The highest BCUT2D eigenvalue weighted by Crippen LogP contribution is 2.25. The summed E-state index contributed by atoms with van der Waals surface area (Å²) in [6, 6.07) is 8.73. The van der Waals surface area contributed by atoms with Crippen LogP contribution in [0.5, 0.6) is 0 Å². The topological polar surface area (TPSA) is 17.0 Å². The normalized spacial score (nSPS) is 17.7. The number of aryl methyl sites for hydroxylation is 1. The molecule has 2 heteroatoms. The molecule has 0 spiro atoms. The zero-order chi connectivity index (χ0) is 11.7. The molecule has 90 valence electrons. The zero-order valence-electron chi connectivity index (χ0n) is 10.4. The van der Waals surface area contributed by atoms with Gasteiger partial charge in [-0.2, -0.15) is 0 Å². The minimum Gasteiger partial charge on any atom is -0.350 e. The fraction of sp³-hybridized carbons (Fsp3) is 0.467. The number of hydrogen-bond acceptors (Lipinski definition) is 1. The number of nitrogens with zero attached hydrogens (tertiary/aromatic N) is 1. The van der Waals surface area contributed by atoms with Crippen LogP contribution in [-0.2, 0) is 13.5 Å².